The maximum atomic E-state index is 13.3. The molecule has 30 heavy (non-hydrogen) atoms. The van der Waals surface area contributed by atoms with E-state index in [0.29, 0.717) is 12.1 Å². The third kappa shape index (κ3) is 5.86. The van der Waals surface area contributed by atoms with Gasteiger partial charge in [-0.1, -0.05) is 12.1 Å². The van der Waals surface area contributed by atoms with Crippen molar-refractivity contribution in [2.24, 2.45) is 0 Å². The van der Waals surface area contributed by atoms with Crippen molar-refractivity contribution in [1.29, 1.82) is 0 Å². The zero-order valence-electron chi connectivity index (χ0n) is 17.3. The minimum atomic E-state index is -0.843. The zero-order chi connectivity index (χ0) is 21.7. The number of carbonyl (C=O) groups is 2. The van der Waals surface area contributed by atoms with Gasteiger partial charge in [-0.05, 0) is 67.6 Å². The van der Waals surface area contributed by atoms with Crippen LogP contribution in [-0.4, -0.2) is 42.4 Å². The molecule has 0 aliphatic carbocycles. The molecular weight excluding hydrogens is 388 g/mol. The summed E-state index contributed by atoms with van der Waals surface area (Å²) in [5.74, 6) is -2.16. The van der Waals surface area contributed by atoms with E-state index < -0.39 is 11.6 Å². The SMILES string of the molecule is Cc1ccc(C(=O)NCC(=O)NC2CCN(Cc3ccc(F)c(F)c3)CC2)cc1C. The minimum Gasteiger partial charge on any atom is -0.352 e. The lowest BCUT2D eigenvalue weighted by Gasteiger charge is -2.32. The van der Waals surface area contributed by atoms with Crippen LogP contribution in [0.25, 0.3) is 0 Å². The summed E-state index contributed by atoms with van der Waals surface area (Å²) < 4.78 is 26.4. The fourth-order valence-corrected chi connectivity index (χ4v) is 3.56. The fraction of sp³-hybridized carbons (Fsp3) is 0.391. The van der Waals surface area contributed by atoms with Gasteiger partial charge in [0, 0.05) is 31.2 Å². The Hall–Kier alpha value is -2.80. The van der Waals surface area contributed by atoms with Crippen LogP contribution in [-0.2, 0) is 11.3 Å². The fourth-order valence-electron chi connectivity index (χ4n) is 3.56. The molecule has 7 heteroatoms. The molecule has 3 rings (SSSR count). The number of halogens is 2. The topological polar surface area (TPSA) is 61.4 Å². The molecular formula is C23H27F2N3O2. The molecule has 2 aromatic rings. The van der Waals surface area contributed by atoms with Crippen LogP contribution >= 0.6 is 0 Å². The Bertz CT molecular complexity index is 925. The second kappa shape index (κ2) is 9.80. The van der Waals surface area contributed by atoms with E-state index >= 15 is 0 Å². The number of likely N-dealkylation sites (tertiary alicyclic amines) is 1. The van der Waals surface area contributed by atoms with Gasteiger partial charge in [0.2, 0.25) is 5.91 Å². The highest BCUT2D eigenvalue weighted by Crippen LogP contribution is 2.16. The first-order valence-electron chi connectivity index (χ1n) is 10.1. The zero-order valence-corrected chi connectivity index (χ0v) is 17.3. The van der Waals surface area contributed by atoms with E-state index in [1.807, 2.05) is 26.0 Å². The summed E-state index contributed by atoms with van der Waals surface area (Å²) in [7, 11) is 0. The number of benzene rings is 2. The van der Waals surface area contributed by atoms with Crippen molar-refractivity contribution in [3.8, 4) is 0 Å². The summed E-state index contributed by atoms with van der Waals surface area (Å²) in [5.41, 5.74) is 3.41. The van der Waals surface area contributed by atoms with Gasteiger partial charge in [-0.3, -0.25) is 14.5 Å². The van der Waals surface area contributed by atoms with E-state index in [2.05, 4.69) is 15.5 Å². The number of carbonyl (C=O) groups excluding carboxylic acids is 2. The minimum absolute atomic E-state index is 0.0391. The van der Waals surface area contributed by atoms with Gasteiger partial charge >= 0.3 is 0 Å². The Morgan fingerprint density at radius 1 is 1.00 bits per heavy atom. The van der Waals surface area contributed by atoms with Crippen LogP contribution in [0.15, 0.2) is 36.4 Å². The first-order valence-corrected chi connectivity index (χ1v) is 10.1. The average Bonchev–Trinajstić information content (AvgIpc) is 2.72. The molecule has 0 unspecified atom stereocenters. The van der Waals surface area contributed by atoms with E-state index in [4.69, 9.17) is 0 Å². The van der Waals surface area contributed by atoms with Gasteiger partial charge in [0.1, 0.15) is 0 Å². The Kier molecular flexibility index (Phi) is 7.15. The maximum absolute atomic E-state index is 13.3. The van der Waals surface area contributed by atoms with Gasteiger partial charge < -0.3 is 10.6 Å². The lowest BCUT2D eigenvalue weighted by atomic mass is 10.0. The number of nitrogens with zero attached hydrogens (tertiary/aromatic N) is 1. The van der Waals surface area contributed by atoms with Crippen molar-refractivity contribution < 1.29 is 18.4 Å². The number of aryl methyl sites for hydroxylation is 2. The number of piperidine rings is 1. The predicted octanol–water partition coefficient (Wildman–Crippen LogP) is 3.09. The van der Waals surface area contributed by atoms with E-state index in [0.717, 1.165) is 48.7 Å². The van der Waals surface area contributed by atoms with E-state index in [9.17, 15) is 18.4 Å². The lowest BCUT2D eigenvalue weighted by molar-refractivity contribution is -0.121. The molecule has 160 valence electrons. The van der Waals surface area contributed by atoms with Crippen molar-refractivity contribution in [3.63, 3.8) is 0 Å². The molecule has 0 spiro atoms. The molecule has 1 aliphatic heterocycles. The first-order chi connectivity index (χ1) is 14.3. The molecule has 2 aromatic carbocycles. The van der Waals surface area contributed by atoms with Crippen LogP contribution in [0.2, 0.25) is 0 Å². The summed E-state index contributed by atoms with van der Waals surface area (Å²) in [6, 6.07) is 9.44. The molecule has 0 atom stereocenters. The molecule has 2 N–H and O–H groups in total. The number of rotatable bonds is 6. The number of amides is 2. The second-order valence-corrected chi connectivity index (χ2v) is 7.85. The van der Waals surface area contributed by atoms with Gasteiger partial charge in [0.05, 0.1) is 6.54 Å². The third-order valence-electron chi connectivity index (χ3n) is 5.52. The van der Waals surface area contributed by atoms with Crippen molar-refractivity contribution >= 4 is 11.8 Å². The van der Waals surface area contributed by atoms with Crippen LogP contribution in [0.4, 0.5) is 8.78 Å². The molecule has 1 aliphatic rings. The smallest absolute Gasteiger partial charge is 0.251 e. The summed E-state index contributed by atoms with van der Waals surface area (Å²) in [4.78, 5) is 26.6. The van der Waals surface area contributed by atoms with E-state index in [-0.39, 0.29) is 24.4 Å². The van der Waals surface area contributed by atoms with Gasteiger partial charge in [-0.2, -0.15) is 0 Å². The van der Waals surface area contributed by atoms with E-state index in [1.165, 1.54) is 6.07 Å². The Balaban J connectivity index is 1.40. The first kappa shape index (κ1) is 21.9. The number of hydrogen-bond acceptors (Lipinski definition) is 3. The van der Waals surface area contributed by atoms with Gasteiger partial charge in [-0.25, -0.2) is 8.78 Å². The summed E-state index contributed by atoms with van der Waals surface area (Å²) in [6.07, 6.45) is 1.53. The highest BCUT2D eigenvalue weighted by atomic mass is 19.2. The van der Waals surface area contributed by atoms with Crippen molar-refractivity contribution in [1.82, 2.24) is 15.5 Å². The molecule has 0 radical (unpaired) electrons. The molecule has 2 amide bonds. The molecule has 1 saturated heterocycles. The molecule has 0 aromatic heterocycles. The Morgan fingerprint density at radius 3 is 2.40 bits per heavy atom. The highest BCUT2D eigenvalue weighted by molar-refractivity contribution is 5.96. The molecule has 0 bridgehead atoms. The monoisotopic (exact) mass is 415 g/mol. The van der Waals surface area contributed by atoms with Crippen LogP contribution in [0.5, 0.6) is 0 Å². The maximum Gasteiger partial charge on any atom is 0.251 e. The normalized spacial score (nSPS) is 15.1. The summed E-state index contributed by atoms with van der Waals surface area (Å²) in [5, 5.41) is 5.62. The van der Waals surface area contributed by atoms with Crippen LogP contribution < -0.4 is 10.6 Å². The predicted molar refractivity (Wildman–Crippen MR) is 111 cm³/mol. The number of nitrogens with one attached hydrogen (secondary N) is 2. The summed E-state index contributed by atoms with van der Waals surface area (Å²) in [6.45, 7) is 5.90. The quantitative estimate of drug-likeness (QED) is 0.762. The third-order valence-corrected chi connectivity index (χ3v) is 5.52. The van der Waals surface area contributed by atoms with Gasteiger partial charge in [-0.15, -0.1) is 0 Å². The van der Waals surface area contributed by atoms with Crippen LogP contribution in [0.1, 0.15) is 39.9 Å². The summed E-state index contributed by atoms with van der Waals surface area (Å²) >= 11 is 0. The Labute approximate surface area is 175 Å². The Morgan fingerprint density at radius 2 is 1.73 bits per heavy atom. The van der Waals surface area contributed by atoms with E-state index in [1.54, 1.807) is 12.1 Å². The molecule has 1 fully saturated rings. The molecule has 5 nitrogen and oxygen atoms in total. The number of hydrogen-bond donors (Lipinski definition) is 2. The lowest BCUT2D eigenvalue weighted by Crippen LogP contribution is -2.47. The van der Waals surface area contributed by atoms with Crippen LogP contribution in [0, 0.1) is 25.5 Å². The van der Waals surface area contributed by atoms with Crippen molar-refractivity contribution in [2.75, 3.05) is 19.6 Å². The molecule has 1 heterocycles. The van der Waals surface area contributed by atoms with Crippen LogP contribution in [0.3, 0.4) is 0 Å². The van der Waals surface area contributed by atoms with Gasteiger partial charge in [0.15, 0.2) is 11.6 Å². The average molecular weight is 415 g/mol. The standard InChI is InChI=1S/C23H27F2N3O2/c1-15-3-5-18(11-16(15)2)23(30)26-13-22(29)27-19-7-9-28(10-8-19)14-17-4-6-20(24)21(25)12-17/h3-6,11-12,19H,7-10,13-14H2,1-2H3,(H,26,30)(H,27,29). The van der Waals surface area contributed by atoms with Crippen molar-refractivity contribution in [2.45, 2.75) is 39.3 Å². The second-order valence-electron chi connectivity index (χ2n) is 7.85. The van der Waals surface area contributed by atoms with Crippen molar-refractivity contribution in [3.05, 3.63) is 70.3 Å². The highest BCUT2D eigenvalue weighted by Gasteiger charge is 2.21. The van der Waals surface area contributed by atoms with Gasteiger partial charge in [0.25, 0.3) is 5.91 Å². The molecule has 0 saturated carbocycles. The largest absolute Gasteiger partial charge is 0.352 e.